The highest BCUT2D eigenvalue weighted by Crippen LogP contribution is 2.14. The standard InChI is InChI=1S/C15H21N3O2/c1-11(8-9-16)2-7-15-17-14(18-20-15)10-12-3-5-13(19)6-4-12/h3-6,11,19H,2,7-10,16H2,1H3. The van der Waals surface area contributed by atoms with Crippen LogP contribution in [0, 0.1) is 5.92 Å². The maximum absolute atomic E-state index is 9.23. The maximum atomic E-state index is 9.23. The van der Waals surface area contributed by atoms with Gasteiger partial charge >= 0.3 is 0 Å². The summed E-state index contributed by atoms with van der Waals surface area (Å²) in [6.07, 6.45) is 3.44. The largest absolute Gasteiger partial charge is 0.508 e. The van der Waals surface area contributed by atoms with Crippen LogP contribution in [0.1, 0.15) is 37.0 Å². The number of aromatic hydroxyl groups is 1. The highest BCUT2D eigenvalue weighted by Gasteiger charge is 2.09. The Morgan fingerprint density at radius 2 is 2.00 bits per heavy atom. The first kappa shape index (κ1) is 14.5. The molecule has 0 aliphatic rings. The fourth-order valence-electron chi connectivity index (χ4n) is 2.06. The van der Waals surface area contributed by atoms with Gasteiger partial charge in [-0.2, -0.15) is 4.98 Å². The van der Waals surface area contributed by atoms with Gasteiger partial charge in [0.25, 0.3) is 0 Å². The third-order valence-electron chi connectivity index (χ3n) is 3.32. The first-order valence-electron chi connectivity index (χ1n) is 6.97. The van der Waals surface area contributed by atoms with Crippen LogP contribution in [-0.4, -0.2) is 21.8 Å². The fraction of sp³-hybridized carbons (Fsp3) is 0.467. The maximum Gasteiger partial charge on any atom is 0.226 e. The fourth-order valence-corrected chi connectivity index (χ4v) is 2.06. The van der Waals surface area contributed by atoms with Crippen molar-refractivity contribution >= 4 is 0 Å². The first-order valence-corrected chi connectivity index (χ1v) is 6.97. The number of hydrogen-bond acceptors (Lipinski definition) is 5. The van der Waals surface area contributed by atoms with Gasteiger partial charge in [-0.05, 0) is 43.0 Å². The lowest BCUT2D eigenvalue weighted by atomic mass is 10.0. The number of aromatic nitrogens is 2. The summed E-state index contributed by atoms with van der Waals surface area (Å²) in [5.74, 6) is 2.20. The monoisotopic (exact) mass is 275 g/mol. The Kier molecular flexibility index (Phi) is 5.12. The number of phenols is 1. The Labute approximate surface area is 118 Å². The molecule has 5 heteroatoms. The van der Waals surface area contributed by atoms with E-state index in [2.05, 4.69) is 17.1 Å². The van der Waals surface area contributed by atoms with Crippen molar-refractivity contribution in [2.45, 2.75) is 32.6 Å². The van der Waals surface area contributed by atoms with Crippen LogP contribution in [0.5, 0.6) is 5.75 Å². The normalized spacial score (nSPS) is 12.5. The Morgan fingerprint density at radius 3 is 2.70 bits per heavy atom. The van der Waals surface area contributed by atoms with Crippen LogP contribution < -0.4 is 5.73 Å². The molecule has 0 amide bonds. The minimum absolute atomic E-state index is 0.261. The van der Waals surface area contributed by atoms with Crippen molar-refractivity contribution in [1.82, 2.24) is 10.1 Å². The van der Waals surface area contributed by atoms with Crippen LogP contribution in [0.3, 0.4) is 0 Å². The highest BCUT2D eigenvalue weighted by molar-refractivity contribution is 5.27. The first-order chi connectivity index (χ1) is 9.67. The number of hydrogen-bond donors (Lipinski definition) is 2. The predicted octanol–water partition coefficient (Wildman–Crippen LogP) is 2.28. The van der Waals surface area contributed by atoms with E-state index < -0.39 is 0 Å². The Balaban J connectivity index is 1.87. The van der Waals surface area contributed by atoms with Crippen molar-refractivity contribution in [3.05, 3.63) is 41.5 Å². The number of rotatable bonds is 7. The molecule has 0 fully saturated rings. The van der Waals surface area contributed by atoms with Crippen molar-refractivity contribution in [1.29, 1.82) is 0 Å². The third kappa shape index (κ3) is 4.35. The molecule has 20 heavy (non-hydrogen) atoms. The summed E-state index contributed by atoms with van der Waals surface area (Å²) in [5, 5.41) is 13.2. The summed E-state index contributed by atoms with van der Waals surface area (Å²) in [7, 11) is 0. The molecule has 1 heterocycles. The lowest BCUT2D eigenvalue weighted by Crippen LogP contribution is -2.06. The predicted molar refractivity (Wildman–Crippen MR) is 76.4 cm³/mol. The summed E-state index contributed by atoms with van der Waals surface area (Å²) >= 11 is 0. The third-order valence-corrected chi connectivity index (χ3v) is 3.32. The minimum Gasteiger partial charge on any atom is -0.508 e. The van der Waals surface area contributed by atoms with Crippen molar-refractivity contribution in [3.8, 4) is 5.75 Å². The smallest absolute Gasteiger partial charge is 0.226 e. The summed E-state index contributed by atoms with van der Waals surface area (Å²) in [6.45, 7) is 2.90. The van der Waals surface area contributed by atoms with E-state index >= 15 is 0 Å². The molecule has 0 saturated heterocycles. The van der Waals surface area contributed by atoms with Gasteiger partial charge in [-0.3, -0.25) is 0 Å². The van der Waals surface area contributed by atoms with Crippen molar-refractivity contribution in [2.24, 2.45) is 11.7 Å². The number of benzene rings is 1. The van der Waals surface area contributed by atoms with Gasteiger partial charge in [0.15, 0.2) is 5.82 Å². The van der Waals surface area contributed by atoms with E-state index in [1.165, 1.54) is 0 Å². The molecule has 0 saturated carbocycles. The summed E-state index contributed by atoms with van der Waals surface area (Å²) < 4.78 is 5.25. The zero-order valence-electron chi connectivity index (χ0n) is 11.7. The molecule has 1 aromatic heterocycles. The minimum atomic E-state index is 0.261. The van der Waals surface area contributed by atoms with E-state index in [0.29, 0.717) is 24.1 Å². The van der Waals surface area contributed by atoms with Crippen molar-refractivity contribution in [2.75, 3.05) is 6.54 Å². The molecule has 0 spiro atoms. The Hall–Kier alpha value is -1.88. The van der Waals surface area contributed by atoms with E-state index in [0.717, 1.165) is 31.4 Å². The van der Waals surface area contributed by atoms with Gasteiger partial charge in [-0.15, -0.1) is 0 Å². The molecule has 1 unspecified atom stereocenters. The number of phenolic OH excluding ortho intramolecular Hbond substituents is 1. The molecule has 2 aromatic rings. The van der Waals surface area contributed by atoms with E-state index in [9.17, 15) is 5.11 Å². The van der Waals surface area contributed by atoms with Crippen LogP contribution in [0.25, 0.3) is 0 Å². The molecule has 0 aliphatic carbocycles. The molecular weight excluding hydrogens is 254 g/mol. The molecule has 2 rings (SSSR count). The number of nitrogens with two attached hydrogens (primary N) is 1. The molecule has 1 aromatic carbocycles. The Bertz CT molecular complexity index is 522. The Morgan fingerprint density at radius 1 is 1.25 bits per heavy atom. The van der Waals surface area contributed by atoms with Crippen molar-refractivity contribution < 1.29 is 9.63 Å². The van der Waals surface area contributed by atoms with Crippen LogP contribution in [0.2, 0.25) is 0 Å². The van der Waals surface area contributed by atoms with Crippen LogP contribution in [-0.2, 0) is 12.8 Å². The van der Waals surface area contributed by atoms with E-state index in [1.807, 2.05) is 12.1 Å². The quantitative estimate of drug-likeness (QED) is 0.809. The van der Waals surface area contributed by atoms with Gasteiger partial charge in [0.1, 0.15) is 5.75 Å². The van der Waals surface area contributed by atoms with Crippen molar-refractivity contribution in [3.63, 3.8) is 0 Å². The molecule has 108 valence electrons. The lowest BCUT2D eigenvalue weighted by molar-refractivity contribution is 0.358. The molecular formula is C15H21N3O2. The molecule has 0 bridgehead atoms. The molecule has 5 nitrogen and oxygen atoms in total. The van der Waals surface area contributed by atoms with Gasteiger partial charge in [-0.25, -0.2) is 0 Å². The average molecular weight is 275 g/mol. The second-order valence-corrected chi connectivity index (χ2v) is 5.17. The average Bonchev–Trinajstić information content (AvgIpc) is 2.87. The van der Waals surface area contributed by atoms with Gasteiger partial charge in [-0.1, -0.05) is 24.2 Å². The molecule has 1 atom stereocenters. The highest BCUT2D eigenvalue weighted by atomic mass is 16.5. The van der Waals surface area contributed by atoms with Gasteiger partial charge in [0.05, 0.1) is 0 Å². The van der Waals surface area contributed by atoms with Gasteiger partial charge < -0.3 is 15.4 Å². The molecule has 0 aliphatic heterocycles. The molecule has 0 radical (unpaired) electrons. The second kappa shape index (κ2) is 7.05. The lowest BCUT2D eigenvalue weighted by Gasteiger charge is -2.06. The zero-order valence-corrected chi connectivity index (χ0v) is 11.7. The summed E-state index contributed by atoms with van der Waals surface area (Å²) in [5.41, 5.74) is 6.58. The van der Waals surface area contributed by atoms with Crippen LogP contribution >= 0.6 is 0 Å². The SMILES string of the molecule is CC(CCN)CCc1nc(Cc2ccc(O)cc2)no1. The summed E-state index contributed by atoms with van der Waals surface area (Å²) in [4.78, 5) is 4.39. The summed E-state index contributed by atoms with van der Waals surface area (Å²) in [6, 6.07) is 7.03. The van der Waals surface area contributed by atoms with Crippen LogP contribution in [0.4, 0.5) is 0 Å². The van der Waals surface area contributed by atoms with E-state index in [-0.39, 0.29) is 5.75 Å². The second-order valence-electron chi connectivity index (χ2n) is 5.17. The van der Waals surface area contributed by atoms with E-state index in [4.69, 9.17) is 10.3 Å². The van der Waals surface area contributed by atoms with Gasteiger partial charge in [0.2, 0.25) is 5.89 Å². The number of nitrogens with zero attached hydrogens (tertiary/aromatic N) is 2. The van der Waals surface area contributed by atoms with E-state index in [1.54, 1.807) is 12.1 Å². The van der Waals surface area contributed by atoms with Crippen LogP contribution in [0.15, 0.2) is 28.8 Å². The molecule has 3 N–H and O–H groups in total. The zero-order chi connectivity index (χ0) is 14.4. The number of aryl methyl sites for hydroxylation is 1. The topological polar surface area (TPSA) is 85.2 Å². The van der Waals surface area contributed by atoms with Gasteiger partial charge in [0, 0.05) is 12.8 Å².